The summed E-state index contributed by atoms with van der Waals surface area (Å²) in [7, 11) is -3.68. The SMILES string of the molecule is Cc1cc(Br)cc(C(=O)NCc2ccc(S(N)(=O)=O)s2)c1. The van der Waals surface area contributed by atoms with Crippen LogP contribution < -0.4 is 10.5 Å². The number of carbonyl (C=O) groups excluding carboxylic acids is 1. The molecule has 1 heterocycles. The number of hydrogen-bond donors (Lipinski definition) is 2. The highest BCUT2D eigenvalue weighted by molar-refractivity contribution is 9.10. The molecule has 0 unspecified atom stereocenters. The minimum atomic E-state index is -3.68. The molecule has 1 aromatic carbocycles. The maximum Gasteiger partial charge on any atom is 0.251 e. The average molecular weight is 389 g/mol. The second-order valence-corrected chi connectivity index (χ2v) is 8.34. The Morgan fingerprint density at radius 2 is 2.05 bits per heavy atom. The maximum atomic E-state index is 12.1. The number of thiophene rings is 1. The van der Waals surface area contributed by atoms with Gasteiger partial charge in [-0.25, -0.2) is 13.6 Å². The molecule has 0 aliphatic rings. The van der Waals surface area contributed by atoms with Crippen LogP contribution in [0.5, 0.6) is 0 Å². The number of carbonyl (C=O) groups is 1. The third-order valence-corrected chi connectivity index (χ3v) is 5.63. The third kappa shape index (κ3) is 4.37. The van der Waals surface area contributed by atoms with Crippen molar-refractivity contribution in [3.05, 3.63) is 50.8 Å². The van der Waals surface area contributed by atoms with Gasteiger partial charge in [-0.1, -0.05) is 15.9 Å². The molecule has 21 heavy (non-hydrogen) atoms. The quantitative estimate of drug-likeness (QED) is 0.842. The fourth-order valence-corrected chi connectivity index (χ4v) is 4.07. The van der Waals surface area contributed by atoms with Crippen molar-refractivity contribution in [2.24, 2.45) is 5.14 Å². The predicted octanol–water partition coefficient (Wildman–Crippen LogP) is 2.40. The van der Waals surface area contributed by atoms with Gasteiger partial charge in [0.2, 0.25) is 10.0 Å². The monoisotopic (exact) mass is 388 g/mol. The number of nitrogens with one attached hydrogen (secondary N) is 1. The van der Waals surface area contributed by atoms with E-state index in [0.29, 0.717) is 5.56 Å². The lowest BCUT2D eigenvalue weighted by Crippen LogP contribution is -2.22. The summed E-state index contributed by atoms with van der Waals surface area (Å²) < 4.78 is 23.3. The van der Waals surface area contributed by atoms with Crippen molar-refractivity contribution >= 4 is 43.2 Å². The largest absolute Gasteiger partial charge is 0.347 e. The van der Waals surface area contributed by atoms with E-state index in [1.54, 1.807) is 18.2 Å². The third-order valence-electron chi connectivity index (χ3n) is 2.64. The Labute approximate surface area is 135 Å². The molecule has 0 bridgehead atoms. The minimum absolute atomic E-state index is 0.0880. The van der Waals surface area contributed by atoms with Crippen LogP contribution in [0.15, 0.2) is 39.0 Å². The Morgan fingerprint density at radius 3 is 2.62 bits per heavy atom. The zero-order chi connectivity index (χ0) is 15.6. The highest BCUT2D eigenvalue weighted by Gasteiger charge is 2.12. The highest BCUT2D eigenvalue weighted by atomic mass is 79.9. The molecule has 0 spiro atoms. The Balaban J connectivity index is 2.06. The van der Waals surface area contributed by atoms with Gasteiger partial charge in [0.1, 0.15) is 4.21 Å². The normalized spacial score (nSPS) is 11.4. The number of halogens is 1. The van der Waals surface area contributed by atoms with Gasteiger partial charge in [-0.3, -0.25) is 4.79 Å². The van der Waals surface area contributed by atoms with Crippen molar-refractivity contribution < 1.29 is 13.2 Å². The van der Waals surface area contributed by atoms with Crippen molar-refractivity contribution in [3.63, 3.8) is 0 Å². The topological polar surface area (TPSA) is 89.3 Å². The molecule has 0 atom stereocenters. The first-order valence-corrected chi connectivity index (χ1v) is 9.08. The predicted molar refractivity (Wildman–Crippen MR) is 85.7 cm³/mol. The molecule has 2 aromatic rings. The summed E-state index contributed by atoms with van der Waals surface area (Å²) in [5.74, 6) is -0.218. The van der Waals surface area contributed by atoms with E-state index in [9.17, 15) is 13.2 Å². The molecule has 0 fully saturated rings. The van der Waals surface area contributed by atoms with Crippen molar-refractivity contribution in [2.45, 2.75) is 17.7 Å². The van der Waals surface area contributed by atoms with Gasteiger partial charge in [-0.15, -0.1) is 11.3 Å². The Bertz CT molecular complexity index is 764. The summed E-state index contributed by atoms with van der Waals surface area (Å²) >= 11 is 4.39. The molecular formula is C13H13BrN2O3S2. The van der Waals surface area contributed by atoms with E-state index in [0.717, 1.165) is 26.3 Å². The number of hydrogen-bond acceptors (Lipinski definition) is 4. The van der Waals surface area contributed by atoms with E-state index in [4.69, 9.17) is 5.14 Å². The van der Waals surface area contributed by atoms with Crippen molar-refractivity contribution in [3.8, 4) is 0 Å². The smallest absolute Gasteiger partial charge is 0.251 e. The lowest BCUT2D eigenvalue weighted by molar-refractivity contribution is 0.0951. The van der Waals surface area contributed by atoms with Crippen LogP contribution in [0.1, 0.15) is 20.8 Å². The zero-order valence-corrected chi connectivity index (χ0v) is 14.3. The van der Waals surface area contributed by atoms with Crippen LogP contribution in [0.2, 0.25) is 0 Å². The van der Waals surface area contributed by atoms with Crippen LogP contribution in [0.3, 0.4) is 0 Å². The van der Waals surface area contributed by atoms with Crippen LogP contribution >= 0.6 is 27.3 Å². The summed E-state index contributed by atoms with van der Waals surface area (Å²) in [6, 6.07) is 8.49. The van der Waals surface area contributed by atoms with Crippen LogP contribution in [0, 0.1) is 6.92 Å². The van der Waals surface area contributed by atoms with Crippen LogP contribution in [-0.2, 0) is 16.6 Å². The number of sulfonamides is 1. The summed E-state index contributed by atoms with van der Waals surface area (Å²) in [6.45, 7) is 2.16. The zero-order valence-electron chi connectivity index (χ0n) is 11.1. The first kappa shape index (κ1) is 16.2. The average Bonchev–Trinajstić information content (AvgIpc) is 2.83. The first-order chi connectivity index (χ1) is 9.75. The van der Waals surface area contributed by atoms with Gasteiger partial charge in [-0.05, 0) is 42.8 Å². The molecule has 1 amide bonds. The molecule has 0 aliphatic heterocycles. The standard InChI is InChI=1S/C13H13BrN2O3S2/c1-8-4-9(6-10(14)5-8)13(17)16-7-11-2-3-12(20-11)21(15,18)19/h2-6H,7H2,1H3,(H,16,17)(H2,15,18,19). The minimum Gasteiger partial charge on any atom is -0.347 e. The molecular weight excluding hydrogens is 376 g/mol. The van der Waals surface area contributed by atoms with E-state index in [-0.39, 0.29) is 16.7 Å². The van der Waals surface area contributed by atoms with Gasteiger partial charge < -0.3 is 5.32 Å². The highest BCUT2D eigenvalue weighted by Crippen LogP contribution is 2.20. The van der Waals surface area contributed by atoms with E-state index < -0.39 is 10.0 Å². The Morgan fingerprint density at radius 1 is 1.33 bits per heavy atom. The number of amides is 1. The molecule has 3 N–H and O–H groups in total. The fraction of sp³-hybridized carbons (Fsp3) is 0.154. The second-order valence-electron chi connectivity index (χ2n) is 4.47. The van der Waals surface area contributed by atoms with E-state index >= 15 is 0 Å². The number of aryl methyl sites for hydroxylation is 1. The Kier molecular flexibility index (Phi) is 4.82. The van der Waals surface area contributed by atoms with Gasteiger partial charge in [0.05, 0.1) is 6.54 Å². The van der Waals surface area contributed by atoms with Crippen LogP contribution in [-0.4, -0.2) is 14.3 Å². The molecule has 0 aliphatic carbocycles. The summed E-state index contributed by atoms with van der Waals surface area (Å²) in [6.07, 6.45) is 0. The number of primary sulfonamides is 1. The second kappa shape index (κ2) is 6.27. The molecule has 1 aromatic heterocycles. The van der Waals surface area contributed by atoms with E-state index in [1.165, 1.54) is 6.07 Å². The van der Waals surface area contributed by atoms with E-state index in [1.807, 2.05) is 13.0 Å². The van der Waals surface area contributed by atoms with Crippen molar-refractivity contribution in [2.75, 3.05) is 0 Å². The lowest BCUT2D eigenvalue weighted by Gasteiger charge is -2.05. The molecule has 2 rings (SSSR count). The molecule has 8 heteroatoms. The Hall–Kier alpha value is -1.22. The lowest BCUT2D eigenvalue weighted by atomic mass is 10.1. The molecule has 5 nitrogen and oxygen atoms in total. The number of benzene rings is 1. The van der Waals surface area contributed by atoms with Gasteiger partial charge >= 0.3 is 0 Å². The molecule has 0 radical (unpaired) electrons. The molecule has 0 saturated heterocycles. The fourth-order valence-electron chi connectivity index (χ4n) is 1.74. The van der Waals surface area contributed by atoms with Gasteiger partial charge in [0, 0.05) is 14.9 Å². The summed E-state index contributed by atoms with van der Waals surface area (Å²) in [5.41, 5.74) is 1.52. The van der Waals surface area contributed by atoms with Crippen LogP contribution in [0.25, 0.3) is 0 Å². The summed E-state index contributed by atoms with van der Waals surface area (Å²) in [4.78, 5) is 12.8. The molecule has 112 valence electrons. The van der Waals surface area contributed by atoms with Crippen LogP contribution in [0.4, 0.5) is 0 Å². The van der Waals surface area contributed by atoms with Crippen molar-refractivity contribution in [1.82, 2.24) is 5.32 Å². The van der Waals surface area contributed by atoms with E-state index in [2.05, 4.69) is 21.2 Å². The molecule has 0 saturated carbocycles. The maximum absolute atomic E-state index is 12.1. The van der Waals surface area contributed by atoms with Gasteiger partial charge in [0.15, 0.2) is 0 Å². The van der Waals surface area contributed by atoms with Crippen molar-refractivity contribution in [1.29, 1.82) is 0 Å². The first-order valence-electron chi connectivity index (χ1n) is 5.92. The van der Waals surface area contributed by atoms with Gasteiger partial charge in [-0.2, -0.15) is 0 Å². The summed E-state index contributed by atoms with van der Waals surface area (Å²) in [5, 5.41) is 7.79. The number of nitrogens with two attached hydrogens (primary N) is 1. The number of rotatable bonds is 4. The van der Waals surface area contributed by atoms with Gasteiger partial charge in [0.25, 0.3) is 5.91 Å².